The van der Waals surface area contributed by atoms with Crippen molar-refractivity contribution >= 4 is 5.91 Å². The molecule has 0 radical (unpaired) electrons. The predicted octanol–water partition coefficient (Wildman–Crippen LogP) is -1.83. The van der Waals surface area contributed by atoms with Gasteiger partial charge in [0.25, 0.3) is 5.91 Å². The maximum atomic E-state index is 11.2. The zero-order chi connectivity index (χ0) is 9.42. The first-order valence-corrected chi connectivity index (χ1v) is 3.66. The molecule has 2 aliphatic rings. The number of allylic oxidation sites excluding steroid dienone is 1. The van der Waals surface area contributed by atoms with E-state index in [2.05, 4.69) is 16.2 Å². The number of carbonyl (C=O) groups excluding carboxylic acids is 1. The van der Waals surface area contributed by atoms with Gasteiger partial charge in [-0.25, -0.2) is 5.43 Å². The number of nitriles is 1. The van der Waals surface area contributed by atoms with Crippen molar-refractivity contribution in [3.63, 3.8) is 0 Å². The Morgan fingerprint density at radius 2 is 2.38 bits per heavy atom. The van der Waals surface area contributed by atoms with Crippen LogP contribution in [0.3, 0.4) is 0 Å². The number of rotatable bonds is 0. The molecule has 0 saturated carbocycles. The molecule has 5 N–H and O–H groups in total. The Morgan fingerprint density at radius 1 is 1.62 bits per heavy atom. The first-order valence-electron chi connectivity index (χ1n) is 3.66. The molecule has 66 valence electrons. The summed E-state index contributed by atoms with van der Waals surface area (Å²) in [7, 11) is 0. The van der Waals surface area contributed by atoms with Crippen LogP contribution in [-0.4, -0.2) is 12.1 Å². The molecule has 6 heteroatoms. The molecule has 1 saturated heterocycles. The van der Waals surface area contributed by atoms with E-state index in [9.17, 15) is 4.79 Å². The van der Waals surface area contributed by atoms with E-state index in [4.69, 9.17) is 11.0 Å². The van der Waals surface area contributed by atoms with Crippen molar-refractivity contribution < 1.29 is 4.79 Å². The first-order chi connectivity index (χ1) is 6.24. The molecular formula is C7H7N5O. The van der Waals surface area contributed by atoms with Gasteiger partial charge in [-0.1, -0.05) is 0 Å². The lowest BCUT2D eigenvalue weighted by Crippen LogP contribution is -2.41. The van der Waals surface area contributed by atoms with E-state index in [1.807, 2.05) is 6.07 Å². The van der Waals surface area contributed by atoms with Crippen molar-refractivity contribution in [1.82, 2.24) is 16.2 Å². The van der Waals surface area contributed by atoms with Crippen LogP contribution in [0.1, 0.15) is 0 Å². The van der Waals surface area contributed by atoms with Crippen LogP contribution in [0.25, 0.3) is 0 Å². The highest BCUT2D eigenvalue weighted by Gasteiger charge is 2.33. The molecule has 6 nitrogen and oxygen atoms in total. The second-order valence-electron chi connectivity index (χ2n) is 2.70. The Bertz CT molecular complexity index is 375. The summed E-state index contributed by atoms with van der Waals surface area (Å²) < 4.78 is 0. The minimum Gasteiger partial charge on any atom is -0.397 e. The van der Waals surface area contributed by atoms with Gasteiger partial charge in [-0.05, 0) is 0 Å². The summed E-state index contributed by atoms with van der Waals surface area (Å²) >= 11 is 0. The van der Waals surface area contributed by atoms with Gasteiger partial charge in [0.1, 0.15) is 12.2 Å². The molecule has 1 amide bonds. The Balaban J connectivity index is 2.48. The lowest BCUT2D eigenvalue weighted by molar-refractivity contribution is -0.116. The Morgan fingerprint density at radius 3 is 3.08 bits per heavy atom. The SMILES string of the molecule is N#CC1=CNC2NNC(=O)C2=C1N. The van der Waals surface area contributed by atoms with Gasteiger partial charge in [-0.3, -0.25) is 10.2 Å². The third-order valence-corrected chi connectivity index (χ3v) is 1.96. The molecule has 13 heavy (non-hydrogen) atoms. The lowest BCUT2D eigenvalue weighted by Gasteiger charge is -2.17. The van der Waals surface area contributed by atoms with E-state index in [0.717, 1.165) is 0 Å². The molecule has 1 atom stereocenters. The summed E-state index contributed by atoms with van der Waals surface area (Å²) in [4.78, 5) is 11.2. The summed E-state index contributed by atoms with van der Waals surface area (Å²) in [6.45, 7) is 0. The van der Waals surface area contributed by atoms with E-state index in [-0.39, 0.29) is 23.3 Å². The van der Waals surface area contributed by atoms with Crippen LogP contribution >= 0.6 is 0 Å². The van der Waals surface area contributed by atoms with Crippen molar-refractivity contribution in [3.05, 3.63) is 23.0 Å². The van der Waals surface area contributed by atoms with Gasteiger partial charge >= 0.3 is 0 Å². The zero-order valence-corrected chi connectivity index (χ0v) is 6.59. The number of amides is 1. The van der Waals surface area contributed by atoms with Crippen LogP contribution in [-0.2, 0) is 4.79 Å². The highest BCUT2D eigenvalue weighted by Crippen LogP contribution is 2.18. The normalized spacial score (nSPS) is 25.6. The van der Waals surface area contributed by atoms with E-state index in [1.54, 1.807) is 0 Å². The van der Waals surface area contributed by atoms with E-state index in [1.165, 1.54) is 6.20 Å². The Hall–Kier alpha value is -2.00. The number of carbonyl (C=O) groups is 1. The molecule has 0 bridgehead atoms. The maximum Gasteiger partial charge on any atom is 0.267 e. The van der Waals surface area contributed by atoms with Crippen molar-refractivity contribution in [2.45, 2.75) is 6.17 Å². The van der Waals surface area contributed by atoms with Crippen molar-refractivity contribution in [1.29, 1.82) is 5.26 Å². The third kappa shape index (κ3) is 0.947. The van der Waals surface area contributed by atoms with Crippen LogP contribution < -0.4 is 21.9 Å². The fraction of sp³-hybridized carbons (Fsp3) is 0.143. The van der Waals surface area contributed by atoms with E-state index >= 15 is 0 Å². The highest BCUT2D eigenvalue weighted by molar-refractivity contribution is 5.98. The number of fused-ring (bicyclic) bond motifs is 1. The van der Waals surface area contributed by atoms with Crippen molar-refractivity contribution in [2.24, 2.45) is 5.73 Å². The lowest BCUT2D eigenvalue weighted by atomic mass is 10.0. The zero-order valence-electron chi connectivity index (χ0n) is 6.59. The summed E-state index contributed by atoms with van der Waals surface area (Å²) in [5, 5.41) is 11.5. The predicted molar refractivity (Wildman–Crippen MR) is 43.1 cm³/mol. The van der Waals surface area contributed by atoms with Gasteiger partial charge in [-0.15, -0.1) is 0 Å². The van der Waals surface area contributed by atoms with E-state index < -0.39 is 0 Å². The topological polar surface area (TPSA) is 103 Å². The van der Waals surface area contributed by atoms with E-state index in [0.29, 0.717) is 5.57 Å². The largest absolute Gasteiger partial charge is 0.397 e. The fourth-order valence-corrected chi connectivity index (χ4v) is 1.29. The van der Waals surface area contributed by atoms with Crippen LogP contribution in [0.4, 0.5) is 0 Å². The number of hydrogen-bond acceptors (Lipinski definition) is 5. The van der Waals surface area contributed by atoms with Crippen molar-refractivity contribution in [3.8, 4) is 6.07 Å². The molecule has 0 aromatic heterocycles. The molecule has 0 aromatic carbocycles. The second kappa shape index (κ2) is 2.50. The number of hydrazine groups is 1. The van der Waals surface area contributed by atoms with Gasteiger partial charge in [0, 0.05) is 6.20 Å². The third-order valence-electron chi connectivity index (χ3n) is 1.96. The average Bonchev–Trinajstić information content (AvgIpc) is 2.49. The molecule has 2 heterocycles. The number of dihydropyridines is 1. The van der Waals surface area contributed by atoms with Gasteiger partial charge in [0.15, 0.2) is 0 Å². The van der Waals surface area contributed by atoms with Crippen LogP contribution in [0.15, 0.2) is 23.0 Å². The number of hydrogen-bond donors (Lipinski definition) is 4. The molecule has 0 aliphatic carbocycles. The van der Waals surface area contributed by atoms with Gasteiger partial charge < -0.3 is 11.1 Å². The number of nitrogens with zero attached hydrogens (tertiary/aromatic N) is 1. The molecule has 0 aromatic rings. The van der Waals surface area contributed by atoms with Gasteiger partial charge in [-0.2, -0.15) is 5.26 Å². The molecule has 0 spiro atoms. The molecule has 2 aliphatic heterocycles. The minimum atomic E-state index is -0.329. The van der Waals surface area contributed by atoms with Crippen LogP contribution in [0.2, 0.25) is 0 Å². The maximum absolute atomic E-state index is 11.2. The minimum absolute atomic E-state index is 0.230. The summed E-state index contributed by atoms with van der Waals surface area (Å²) in [5.41, 5.74) is 11.6. The monoisotopic (exact) mass is 177 g/mol. The average molecular weight is 177 g/mol. The standard InChI is InChI=1S/C7H7N5O/c8-1-3-2-10-6-4(5(3)9)7(13)12-11-6/h2,6,10-11H,9H2,(H,12,13). The first kappa shape index (κ1) is 7.64. The summed E-state index contributed by atoms with van der Waals surface area (Å²) in [6.07, 6.45) is 1.15. The smallest absolute Gasteiger partial charge is 0.267 e. The fourth-order valence-electron chi connectivity index (χ4n) is 1.29. The number of nitrogens with one attached hydrogen (secondary N) is 3. The quantitative estimate of drug-likeness (QED) is 0.348. The summed E-state index contributed by atoms with van der Waals surface area (Å²) in [5.74, 6) is -0.296. The molecule has 1 unspecified atom stereocenters. The van der Waals surface area contributed by atoms with Gasteiger partial charge in [0.05, 0.1) is 16.8 Å². The molecule has 1 fully saturated rings. The summed E-state index contributed by atoms with van der Waals surface area (Å²) in [6, 6.07) is 1.89. The Kier molecular flexibility index (Phi) is 1.47. The van der Waals surface area contributed by atoms with Crippen LogP contribution in [0.5, 0.6) is 0 Å². The number of nitrogens with two attached hydrogens (primary N) is 1. The van der Waals surface area contributed by atoms with Crippen LogP contribution in [0, 0.1) is 11.3 Å². The molecule has 2 rings (SSSR count). The molecular weight excluding hydrogens is 170 g/mol. The van der Waals surface area contributed by atoms with Gasteiger partial charge in [0.2, 0.25) is 0 Å². The highest BCUT2D eigenvalue weighted by atomic mass is 16.2. The second-order valence-corrected chi connectivity index (χ2v) is 2.70. The Labute approximate surface area is 74.1 Å². The van der Waals surface area contributed by atoms with Crippen molar-refractivity contribution in [2.75, 3.05) is 0 Å².